The van der Waals surface area contributed by atoms with E-state index < -0.39 is 9.05 Å². The van der Waals surface area contributed by atoms with Crippen LogP contribution < -0.4 is 0 Å². The number of hydrogen-bond acceptors (Lipinski definition) is 2. The van der Waals surface area contributed by atoms with E-state index in [4.69, 9.17) is 10.7 Å². The molecule has 2 rings (SSSR count). The topological polar surface area (TPSA) is 34.1 Å². The fourth-order valence-electron chi connectivity index (χ4n) is 3.98. The van der Waals surface area contributed by atoms with E-state index in [1.54, 1.807) is 18.2 Å². The summed E-state index contributed by atoms with van der Waals surface area (Å²) in [5.41, 5.74) is 0. The monoisotopic (exact) mass is 428 g/mol. The Morgan fingerprint density at radius 1 is 0.786 bits per heavy atom. The van der Waals surface area contributed by atoms with Crippen molar-refractivity contribution >= 4 is 19.7 Å². The average Bonchev–Trinajstić information content (AvgIpc) is 2.96. The van der Waals surface area contributed by atoms with Gasteiger partial charge in [0.15, 0.2) is 0 Å². The number of hydrogen-bond donors (Lipinski definition) is 0. The van der Waals surface area contributed by atoms with Crippen LogP contribution in [0.2, 0.25) is 0 Å². The van der Waals surface area contributed by atoms with Crippen LogP contribution in [0.25, 0.3) is 0 Å². The maximum Gasteiger partial charge on any atom is 0.261 e. The molecular formula is C24H41ClO2S. The van der Waals surface area contributed by atoms with E-state index in [2.05, 4.69) is 6.92 Å². The van der Waals surface area contributed by atoms with E-state index in [-0.39, 0.29) is 4.90 Å². The van der Waals surface area contributed by atoms with Crippen molar-refractivity contribution in [3.8, 4) is 0 Å². The highest BCUT2D eigenvalue weighted by Gasteiger charge is 2.11. The molecule has 0 aliphatic heterocycles. The quantitative estimate of drug-likeness (QED) is 0.201. The number of halogens is 1. The molecule has 0 atom stereocenters. The van der Waals surface area contributed by atoms with Crippen LogP contribution in [-0.4, -0.2) is 8.42 Å². The molecule has 4 heteroatoms. The van der Waals surface area contributed by atoms with Crippen LogP contribution in [0, 0.1) is 5.92 Å². The molecule has 0 N–H and O–H groups in total. The zero-order valence-corrected chi connectivity index (χ0v) is 19.5. The second kappa shape index (κ2) is 16.3. The van der Waals surface area contributed by atoms with Gasteiger partial charge in [0.05, 0.1) is 4.90 Å². The van der Waals surface area contributed by atoms with E-state index >= 15 is 0 Å². The average molecular weight is 429 g/mol. The van der Waals surface area contributed by atoms with Crippen LogP contribution in [0.3, 0.4) is 0 Å². The largest absolute Gasteiger partial charge is 0.261 e. The molecule has 2 nitrogen and oxygen atoms in total. The molecule has 0 amide bonds. The molecule has 0 radical (unpaired) electrons. The van der Waals surface area contributed by atoms with Crippen LogP contribution in [0.5, 0.6) is 0 Å². The van der Waals surface area contributed by atoms with E-state index in [1.165, 1.54) is 115 Å². The molecule has 0 bridgehead atoms. The molecule has 0 saturated heterocycles. The van der Waals surface area contributed by atoms with E-state index in [0.29, 0.717) is 0 Å². The summed E-state index contributed by atoms with van der Waals surface area (Å²) in [5.74, 6) is 1.09. The molecule has 0 unspecified atom stereocenters. The van der Waals surface area contributed by atoms with Crippen LogP contribution in [-0.2, 0) is 9.05 Å². The van der Waals surface area contributed by atoms with Gasteiger partial charge in [-0.25, -0.2) is 8.42 Å². The molecular weight excluding hydrogens is 388 g/mol. The van der Waals surface area contributed by atoms with Gasteiger partial charge < -0.3 is 0 Å². The van der Waals surface area contributed by atoms with Crippen molar-refractivity contribution < 1.29 is 8.42 Å². The van der Waals surface area contributed by atoms with Crippen LogP contribution in [0.15, 0.2) is 35.2 Å². The molecule has 1 aliphatic rings. The minimum Gasteiger partial charge on any atom is -0.207 e. The molecule has 1 fully saturated rings. The number of rotatable bonds is 11. The summed E-state index contributed by atoms with van der Waals surface area (Å²) >= 11 is 0. The molecule has 0 heterocycles. The molecule has 162 valence electrons. The number of benzene rings is 1. The first-order valence-electron chi connectivity index (χ1n) is 11.5. The standard InChI is InChI=1S/C18H36.C6H5ClO2S/c1-2-3-4-5-6-7-8-9-12-15-18-16-13-10-11-14-17-18;7-10(8,9)6-4-2-1-3-5-6/h18H,2-17H2,1H3;1-5H. The molecule has 0 spiro atoms. The Morgan fingerprint density at radius 3 is 1.75 bits per heavy atom. The van der Waals surface area contributed by atoms with Gasteiger partial charge in [0.25, 0.3) is 9.05 Å². The van der Waals surface area contributed by atoms with Gasteiger partial charge in [0.1, 0.15) is 0 Å². The minimum atomic E-state index is -3.53. The molecule has 1 saturated carbocycles. The predicted molar refractivity (Wildman–Crippen MR) is 123 cm³/mol. The van der Waals surface area contributed by atoms with Gasteiger partial charge in [0.2, 0.25) is 0 Å². The van der Waals surface area contributed by atoms with Crippen molar-refractivity contribution in [2.45, 2.75) is 115 Å². The van der Waals surface area contributed by atoms with Crippen molar-refractivity contribution in [2.75, 3.05) is 0 Å². The second-order valence-electron chi connectivity index (χ2n) is 8.23. The van der Waals surface area contributed by atoms with E-state index in [1.807, 2.05) is 0 Å². The summed E-state index contributed by atoms with van der Waals surface area (Å²) in [6.07, 6.45) is 23.9. The van der Waals surface area contributed by atoms with Gasteiger partial charge in [-0.3, -0.25) is 0 Å². The Balaban J connectivity index is 0.000000330. The lowest BCUT2D eigenvalue weighted by molar-refractivity contribution is 0.404. The lowest BCUT2D eigenvalue weighted by atomic mass is 9.93. The highest BCUT2D eigenvalue weighted by Crippen LogP contribution is 2.27. The lowest BCUT2D eigenvalue weighted by Gasteiger charge is -2.13. The Hall–Kier alpha value is -0.540. The minimum absolute atomic E-state index is 0.136. The van der Waals surface area contributed by atoms with Crippen molar-refractivity contribution in [1.82, 2.24) is 0 Å². The zero-order chi connectivity index (χ0) is 20.5. The Bertz CT molecular complexity index is 564. The molecule has 1 aromatic carbocycles. The molecule has 28 heavy (non-hydrogen) atoms. The Labute approximate surface area is 178 Å². The third kappa shape index (κ3) is 13.6. The van der Waals surface area contributed by atoms with Crippen molar-refractivity contribution in [1.29, 1.82) is 0 Å². The maximum atomic E-state index is 10.6. The summed E-state index contributed by atoms with van der Waals surface area (Å²) in [6, 6.07) is 7.86. The van der Waals surface area contributed by atoms with Gasteiger partial charge in [-0.05, 0) is 18.1 Å². The van der Waals surface area contributed by atoms with Crippen molar-refractivity contribution in [3.63, 3.8) is 0 Å². The third-order valence-corrected chi connectivity index (χ3v) is 7.09. The first-order valence-corrected chi connectivity index (χ1v) is 13.8. The fraction of sp³-hybridized carbons (Fsp3) is 0.750. The SMILES string of the molecule is CCCCCCCCCCCC1CCCCCC1.O=S(=O)(Cl)c1ccccc1. The highest BCUT2D eigenvalue weighted by atomic mass is 35.7. The molecule has 0 aromatic heterocycles. The van der Waals surface area contributed by atoms with Gasteiger partial charge >= 0.3 is 0 Å². The van der Waals surface area contributed by atoms with Gasteiger partial charge in [0, 0.05) is 10.7 Å². The first kappa shape index (κ1) is 25.5. The Morgan fingerprint density at radius 2 is 1.29 bits per heavy atom. The summed E-state index contributed by atoms with van der Waals surface area (Å²) in [6.45, 7) is 2.30. The summed E-state index contributed by atoms with van der Waals surface area (Å²) in [4.78, 5) is 0.136. The molecule has 1 aliphatic carbocycles. The van der Waals surface area contributed by atoms with Gasteiger partial charge in [-0.2, -0.15) is 0 Å². The lowest BCUT2D eigenvalue weighted by Crippen LogP contribution is -1.98. The fourth-order valence-corrected chi connectivity index (χ4v) is 4.77. The van der Waals surface area contributed by atoms with E-state index in [0.717, 1.165) is 5.92 Å². The summed E-state index contributed by atoms with van der Waals surface area (Å²) < 4.78 is 21.2. The highest BCUT2D eigenvalue weighted by molar-refractivity contribution is 8.13. The zero-order valence-electron chi connectivity index (χ0n) is 17.9. The smallest absolute Gasteiger partial charge is 0.207 e. The van der Waals surface area contributed by atoms with Crippen LogP contribution in [0.1, 0.15) is 110 Å². The van der Waals surface area contributed by atoms with Crippen LogP contribution in [0.4, 0.5) is 0 Å². The molecule has 1 aromatic rings. The van der Waals surface area contributed by atoms with E-state index in [9.17, 15) is 8.42 Å². The summed E-state index contributed by atoms with van der Waals surface area (Å²) in [7, 11) is 1.50. The predicted octanol–water partition coefficient (Wildman–Crippen LogP) is 8.49. The first-order chi connectivity index (χ1) is 13.5. The van der Waals surface area contributed by atoms with Crippen molar-refractivity contribution in [3.05, 3.63) is 30.3 Å². The van der Waals surface area contributed by atoms with Gasteiger partial charge in [-0.15, -0.1) is 0 Å². The summed E-state index contributed by atoms with van der Waals surface area (Å²) in [5, 5.41) is 0. The van der Waals surface area contributed by atoms with Crippen LogP contribution >= 0.6 is 10.7 Å². The van der Waals surface area contributed by atoms with Crippen molar-refractivity contribution in [2.24, 2.45) is 5.92 Å². The number of unbranched alkanes of at least 4 members (excludes halogenated alkanes) is 8. The normalized spacial score (nSPS) is 15.5. The maximum absolute atomic E-state index is 10.6. The Kier molecular flexibility index (Phi) is 14.8. The second-order valence-corrected chi connectivity index (χ2v) is 10.8. The van der Waals surface area contributed by atoms with Gasteiger partial charge in [-0.1, -0.05) is 128 Å². The third-order valence-electron chi connectivity index (χ3n) is 5.72.